The molecule has 0 unspecified atom stereocenters. The Labute approximate surface area is 172 Å². The Balaban J connectivity index is 1.73. The number of carbonyl (C=O) groups is 1. The molecule has 3 N–H and O–H groups in total. The van der Waals surface area contributed by atoms with Crippen LogP contribution in [0.1, 0.15) is 23.2 Å². The van der Waals surface area contributed by atoms with Crippen molar-refractivity contribution in [1.29, 1.82) is 0 Å². The smallest absolute Gasteiger partial charge is 0.286 e. The zero-order chi connectivity index (χ0) is 21.9. The fourth-order valence-electron chi connectivity index (χ4n) is 2.60. The van der Waals surface area contributed by atoms with Crippen molar-refractivity contribution in [3.05, 3.63) is 52.1 Å². The van der Waals surface area contributed by atoms with Gasteiger partial charge in [-0.1, -0.05) is 0 Å². The molecule has 1 saturated carbocycles. The van der Waals surface area contributed by atoms with Crippen LogP contribution < -0.4 is 25.0 Å². The maximum absolute atomic E-state index is 12.5. The third-order valence-corrected chi connectivity index (χ3v) is 5.86. The maximum Gasteiger partial charge on any atom is 0.286 e. The predicted octanol–water partition coefficient (Wildman–Crippen LogP) is 1.81. The van der Waals surface area contributed by atoms with Crippen LogP contribution in [0.15, 0.2) is 41.3 Å². The number of nitro benzene ring substituents is 1. The first-order valence-corrected chi connectivity index (χ1v) is 10.3. The lowest BCUT2D eigenvalue weighted by molar-refractivity contribution is -0.385. The van der Waals surface area contributed by atoms with Crippen LogP contribution >= 0.6 is 0 Å². The van der Waals surface area contributed by atoms with E-state index in [1.807, 2.05) is 0 Å². The van der Waals surface area contributed by atoms with E-state index in [1.165, 1.54) is 44.6 Å². The SMILES string of the molecule is COc1cc(C(=O)NNc2ccc(S(=O)(=O)NC3CC3)cc2)c([N+](=O)[O-])cc1OC. The fraction of sp³-hybridized carbons (Fsp3) is 0.278. The van der Waals surface area contributed by atoms with E-state index in [-0.39, 0.29) is 28.0 Å². The number of sulfonamides is 1. The third-order valence-electron chi connectivity index (χ3n) is 4.33. The second-order valence-electron chi connectivity index (χ2n) is 6.48. The second kappa shape index (κ2) is 8.55. The average Bonchev–Trinajstić information content (AvgIpc) is 3.54. The summed E-state index contributed by atoms with van der Waals surface area (Å²) in [5, 5.41) is 11.3. The Bertz CT molecular complexity index is 1070. The normalized spacial score (nSPS) is 13.4. The van der Waals surface area contributed by atoms with Gasteiger partial charge in [-0.3, -0.25) is 25.8 Å². The molecular formula is C18H20N4O7S. The summed E-state index contributed by atoms with van der Waals surface area (Å²) in [5.41, 5.74) is 4.63. The zero-order valence-electron chi connectivity index (χ0n) is 16.2. The van der Waals surface area contributed by atoms with Crippen LogP contribution in [0.2, 0.25) is 0 Å². The van der Waals surface area contributed by atoms with Gasteiger partial charge in [0.1, 0.15) is 5.56 Å². The van der Waals surface area contributed by atoms with E-state index in [1.54, 1.807) is 0 Å². The molecule has 0 aliphatic heterocycles. The van der Waals surface area contributed by atoms with E-state index in [0.717, 1.165) is 18.9 Å². The standard InChI is InChI=1S/C18H20N4O7S/c1-28-16-9-14(15(22(24)25)10-17(16)29-2)18(23)20-19-11-5-7-13(8-6-11)30(26,27)21-12-3-4-12/h5-10,12,19,21H,3-4H2,1-2H3,(H,20,23). The van der Waals surface area contributed by atoms with Gasteiger partial charge in [-0.05, 0) is 37.1 Å². The molecule has 0 spiro atoms. The average molecular weight is 436 g/mol. The number of hydrazine groups is 1. The highest BCUT2D eigenvalue weighted by molar-refractivity contribution is 7.89. The number of rotatable bonds is 9. The molecule has 0 aromatic heterocycles. The number of methoxy groups -OCH3 is 2. The van der Waals surface area contributed by atoms with Gasteiger partial charge in [-0.25, -0.2) is 13.1 Å². The maximum atomic E-state index is 12.5. The number of nitro groups is 1. The Morgan fingerprint density at radius 1 is 1.10 bits per heavy atom. The van der Waals surface area contributed by atoms with Crippen LogP contribution in [-0.2, 0) is 10.0 Å². The molecule has 1 aliphatic rings. The number of hydrogen-bond acceptors (Lipinski definition) is 8. The van der Waals surface area contributed by atoms with E-state index in [0.29, 0.717) is 5.69 Å². The van der Waals surface area contributed by atoms with E-state index in [9.17, 15) is 23.3 Å². The van der Waals surface area contributed by atoms with Gasteiger partial charge < -0.3 is 9.47 Å². The molecule has 2 aromatic rings. The lowest BCUT2D eigenvalue weighted by Gasteiger charge is -2.12. The van der Waals surface area contributed by atoms with Crippen LogP contribution in [-0.4, -0.2) is 39.5 Å². The molecular weight excluding hydrogens is 416 g/mol. The molecule has 11 nitrogen and oxygen atoms in total. The first kappa shape index (κ1) is 21.3. The Morgan fingerprint density at radius 3 is 2.23 bits per heavy atom. The van der Waals surface area contributed by atoms with Crippen molar-refractivity contribution in [3.63, 3.8) is 0 Å². The van der Waals surface area contributed by atoms with E-state index in [2.05, 4.69) is 15.6 Å². The van der Waals surface area contributed by atoms with Crippen molar-refractivity contribution in [2.75, 3.05) is 19.6 Å². The molecule has 0 saturated heterocycles. The molecule has 0 heterocycles. The molecule has 12 heteroatoms. The summed E-state index contributed by atoms with van der Waals surface area (Å²) >= 11 is 0. The van der Waals surface area contributed by atoms with Crippen LogP contribution in [0.3, 0.4) is 0 Å². The van der Waals surface area contributed by atoms with E-state index >= 15 is 0 Å². The number of benzene rings is 2. The number of anilines is 1. The van der Waals surface area contributed by atoms with Crippen LogP contribution in [0.4, 0.5) is 11.4 Å². The molecule has 1 aliphatic carbocycles. The summed E-state index contributed by atoms with van der Waals surface area (Å²) in [7, 11) is -0.913. The first-order valence-electron chi connectivity index (χ1n) is 8.84. The molecule has 1 amide bonds. The highest BCUT2D eigenvalue weighted by Crippen LogP contribution is 2.34. The summed E-state index contributed by atoms with van der Waals surface area (Å²) in [4.78, 5) is 23.2. The van der Waals surface area contributed by atoms with Gasteiger partial charge in [0, 0.05) is 12.1 Å². The topological polar surface area (TPSA) is 149 Å². The van der Waals surface area contributed by atoms with Gasteiger partial charge in [0.2, 0.25) is 10.0 Å². The number of ether oxygens (including phenoxy) is 2. The lowest BCUT2D eigenvalue weighted by Crippen LogP contribution is -2.30. The number of hydrogen-bond donors (Lipinski definition) is 3. The third kappa shape index (κ3) is 4.78. The highest BCUT2D eigenvalue weighted by Gasteiger charge is 2.28. The van der Waals surface area contributed by atoms with Gasteiger partial charge in [0.15, 0.2) is 11.5 Å². The van der Waals surface area contributed by atoms with Gasteiger partial charge in [-0.15, -0.1) is 0 Å². The Kier molecular flexibility index (Phi) is 6.08. The monoisotopic (exact) mass is 436 g/mol. The summed E-state index contributed by atoms with van der Waals surface area (Å²) in [6, 6.07) is 7.99. The summed E-state index contributed by atoms with van der Waals surface area (Å²) in [6.45, 7) is 0. The van der Waals surface area contributed by atoms with Crippen molar-refractivity contribution in [1.82, 2.24) is 10.1 Å². The molecule has 0 radical (unpaired) electrons. The molecule has 30 heavy (non-hydrogen) atoms. The fourth-order valence-corrected chi connectivity index (χ4v) is 3.91. The van der Waals surface area contributed by atoms with Crippen LogP contribution in [0.5, 0.6) is 11.5 Å². The van der Waals surface area contributed by atoms with Crippen LogP contribution in [0.25, 0.3) is 0 Å². The van der Waals surface area contributed by atoms with Gasteiger partial charge in [0.25, 0.3) is 11.6 Å². The minimum Gasteiger partial charge on any atom is -0.493 e. The molecule has 0 atom stereocenters. The minimum atomic E-state index is -3.58. The number of nitrogens with zero attached hydrogens (tertiary/aromatic N) is 1. The summed E-state index contributed by atoms with van der Waals surface area (Å²) in [6.07, 6.45) is 1.65. The minimum absolute atomic E-state index is 0.00984. The molecule has 0 bridgehead atoms. The summed E-state index contributed by atoms with van der Waals surface area (Å²) in [5.74, 6) is -0.508. The quantitative estimate of drug-likeness (QED) is 0.398. The van der Waals surface area contributed by atoms with E-state index in [4.69, 9.17) is 9.47 Å². The molecule has 160 valence electrons. The molecule has 3 rings (SSSR count). The molecule has 1 fully saturated rings. The Hall–Kier alpha value is -3.38. The number of nitrogens with one attached hydrogen (secondary N) is 3. The van der Waals surface area contributed by atoms with E-state index < -0.39 is 26.5 Å². The van der Waals surface area contributed by atoms with Crippen molar-refractivity contribution < 1.29 is 27.6 Å². The number of carbonyl (C=O) groups excluding carboxylic acids is 1. The zero-order valence-corrected chi connectivity index (χ0v) is 17.0. The van der Waals surface area contributed by atoms with Crippen molar-refractivity contribution in [3.8, 4) is 11.5 Å². The lowest BCUT2D eigenvalue weighted by atomic mass is 10.1. The van der Waals surface area contributed by atoms with Gasteiger partial charge in [-0.2, -0.15) is 0 Å². The second-order valence-corrected chi connectivity index (χ2v) is 8.19. The number of amides is 1. The van der Waals surface area contributed by atoms with Crippen molar-refractivity contribution in [2.45, 2.75) is 23.8 Å². The highest BCUT2D eigenvalue weighted by atomic mass is 32.2. The largest absolute Gasteiger partial charge is 0.493 e. The first-order chi connectivity index (χ1) is 14.2. The van der Waals surface area contributed by atoms with Gasteiger partial charge >= 0.3 is 0 Å². The predicted molar refractivity (Wildman–Crippen MR) is 107 cm³/mol. The Morgan fingerprint density at radius 2 is 1.70 bits per heavy atom. The van der Waals surface area contributed by atoms with Crippen molar-refractivity contribution in [2.24, 2.45) is 0 Å². The van der Waals surface area contributed by atoms with Crippen LogP contribution in [0, 0.1) is 10.1 Å². The molecule has 2 aromatic carbocycles. The van der Waals surface area contributed by atoms with Gasteiger partial charge in [0.05, 0.1) is 35.8 Å². The summed E-state index contributed by atoms with van der Waals surface area (Å²) < 4.78 is 37.0. The van der Waals surface area contributed by atoms with Crippen molar-refractivity contribution >= 4 is 27.3 Å².